The lowest BCUT2D eigenvalue weighted by Crippen LogP contribution is -2.43. The van der Waals surface area contributed by atoms with Gasteiger partial charge in [0.25, 0.3) is 12.0 Å². The van der Waals surface area contributed by atoms with Crippen LogP contribution in [0, 0.1) is 0 Å². The molecule has 25 heavy (non-hydrogen) atoms. The summed E-state index contributed by atoms with van der Waals surface area (Å²) < 4.78 is 15.3. The Labute approximate surface area is 149 Å². The van der Waals surface area contributed by atoms with Crippen LogP contribution in [0.3, 0.4) is 0 Å². The Morgan fingerprint density at radius 2 is 1.68 bits per heavy atom. The van der Waals surface area contributed by atoms with E-state index in [0.29, 0.717) is 17.4 Å². The summed E-state index contributed by atoms with van der Waals surface area (Å²) >= 11 is 5.81. The molecule has 7 nitrogen and oxygen atoms in total. The van der Waals surface area contributed by atoms with Crippen LogP contribution >= 0.6 is 11.6 Å². The minimum Gasteiger partial charge on any atom is -0.489 e. The van der Waals surface area contributed by atoms with Crippen LogP contribution in [0.25, 0.3) is 0 Å². The normalized spacial score (nSPS) is 11.3. The summed E-state index contributed by atoms with van der Waals surface area (Å²) in [7, 11) is 1.11. The van der Waals surface area contributed by atoms with Gasteiger partial charge >= 0.3 is 5.97 Å². The largest absolute Gasteiger partial charge is 0.489 e. The Morgan fingerprint density at radius 1 is 1.08 bits per heavy atom. The number of hydrogen-bond acceptors (Lipinski definition) is 6. The standard InChI is InChI=1S/C17H16ClNO6/c1-23-17(21)15(16(20)19-22)25-14-6-2-11(3-7-14)10-24-13-8-4-12(18)5-9-13/h2-9,15,22H,10H2,1H3,(H,19,20). The number of benzene rings is 2. The highest BCUT2D eigenvalue weighted by Gasteiger charge is 2.29. The summed E-state index contributed by atoms with van der Waals surface area (Å²) in [5.41, 5.74) is 2.21. The number of hydrogen-bond donors (Lipinski definition) is 2. The average molecular weight is 366 g/mol. The van der Waals surface area contributed by atoms with E-state index >= 15 is 0 Å². The Morgan fingerprint density at radius 3 is 2.24 bits per heavy atom. The van der Waals surface area contributed by atoms with E-state index in [2.05, 4.69) is 4.74 Å². The number of esters is 1. The van der Waals surface area contributed by atoms with Crippen LogP contribution in [0.5, 0.6) is 11.5 Å². The number of nitrogens with one attached hydrogen (secondary N) is 1. The predicted molar refractivity (Wildman–Crippen MR) is 88.6 cm³/mol. The van der Waals surface area contributed by atoms with Gasteiger partial charge in [-0.25, -0.2) is 10.3 Å². The van der Waals surface area contributed by atoms with Gasteiger partial charge in [-0.05, 0) is 42.0 Å². The molecule has 2 N–H and O–H groups in total. The zero-order chi connectivity index (χ0) is 18.2. The third-order valence-corrected chi connectivity index (χ3v) is 3.41. The van der Waals surface area contributed by atoms with Crippen LogP contribution in [-0.4, -0.2) is 30.3 Å². The molecule has 1 amide bonds. The van der Waals surface area contributed by atoms with Crippen LogP contribution < -0.4 is 15.0 Å². The fourth-order valence-electron chi connectivity index (χ4n) is 1.87. The summed E-state index contributed by atoms with van der Waals surface area (Å²) in [6.07, 6.45) is -1.61. The fraction of sp³-hybridized carbons (Fsp3) is 0.176. The third kappa shape index (κ3) is 5.37. The molecule has 2 rings (SSSR count). The molecule has 0 bridgehead atoms. The molecule has 1 unspecified atom stereocenters. The van der Waals surface area contributed by atoms with E-state index in [-0.39, 0.29) is 5.75 Å². The SMILES string of the molecule is COC(=O)C(Oc1ccc(COc2ccc(Cl)cc2)cc1)C(=O)NO. The van der Waals surface area contributed by atoms with Gasteiger partial charge < -0.3 is 14.2 Å². The van der Waals surface area contributed by atoms with Crippen LogP contribution in [0.2, 0.25) is 5.02 Å². The lowest BCUT2D eigenvalue weighted by molar-refractivity contribution is -0.157. The van der Waals surface area contributed by atoms with Crippen molar-refractivity contribution in [3.63, 3.8) is 0 Å². The number of hydroxylamine groups is 1. The molecule has 0 heterocycles. The van der Waals surface area contributed by atoms with Gasteiger partial charge in [0.2, 0.25) is 0 Å². The van der Waals surface area contributed by atoms with Crippen molar-refractivity contribution < 1.29 is 29.0 Å². The molecule has 8 heteroatoms. The molecule has 1 atom stereocenters. The number of methoxy groups -OCH3 is 1. The first-order valence-corrected chi connectivity index (χ1v) is 7.57. The van der Waals surface area contributed by atoms with Gasteiger partial charge in [0, 0.05) is 5.02 Å². The summed E-state index contributed by atoms with van der Waals surface area (Å²) in [5, 5.41) is 9.28. The maximum Gasteiger partial charge on any atom is 0.357 e. The highest BCUT2D eigenvalue weighted by molar-refractivity contribution is 6.30. The molecule has 0 aliphatic rings. The van der Waals surface area contributed by atoms with Crippen molar-refractivity contribution in [3.8, 4) is 11.5 Å². The van der Waals surface area contributed by atoms with E-state index in [4.69, 9.17) is 26.3 Å². The molecule has 0 radical (unpaired) electrons. The van der Waals surface area contributed by atoms with E-state index in [1.54, 1.807) is 48.5 Å². The summed E-state index contributed by atoms with van der Waals surface area (Å²) in [6.45, 7) is 0.319. The van der Waals surface area contributed by atoms with Crippen molar-refractivity contribution in [3.05, 3.63) is 59.1 Å². The van der Waals surface area contributed by atoms with Gasteiger partial charge in [-0.3, -0.25) is 10.0 Å². The first kappa shape index (κ1) is 18.6. The highest BCUT2D eigenvalue weighted by atomic mass is 35.5. The average Bonchev–Trinajstić information content (AvgIpc) is 2.65. The van der Waals surface area contributed by atoms with Gasteiger partial charge in [-0.15, -0.1) is 0 Å². The van der Waals surface area contributed by atoms with E-state index in [0.717, 1.165) is 12.7 Å². The summed E-state index contributed by atoms with van der Waals surface area (Å²) in [4.78, 5) is 23.0. The smallest absolute Gasteiger partial charge is 0.357 e. The van der Waals surface area contributed by atoms with E-state index in [1.165, 1.54) is 5.48 Å². The number of carbonyl (C=O) groups excluding carboxylic acids is 2. The number of rotatable bonds is 7. The van der Waals surface area contributed by atoms with Gasteiger partial charge in [0.15, 0.2) is 0 Å². The minimum absolute atomic E-state index is 0.259. The second kappa shape index (κ2) is 8.91. The Hall–Kier alpha value is -2.77. The molecule has 2 aromatic carbocycles. The first-order chi connectivity index (χ1) is 12.0. The molecule has 0 aliphatic carbocycles. The summed E-state index contributed by atoms with van der Waals surface area (Å²) in [6, 6.07) is 13.6. The molecule has 0 saturated heterocycles. The molecule has 132 valence electrons. The first-order valence-electron chi connectivity index (χ1n) is 7.19. The zero-order valence-corrected chi connectivity index (χ0v) is 14.0. The Kier molecular flexibility index (Phi) is 6.62. The lowest BCUT2D eigenvalue weighted by Gasteiger charge is -2.15. The molecule has 2 aromatic rings. The molecular weight excluding hydrogens is 350 g/mol. The Balaban J connectivity index is 1.97. The van der Waals surface area contributed by atoms with Crippen LogP contribution in [-0.2, 0) is 20.9 Å². The van der Waals surface area contributed by atoms with Gasteiger partial charge in [-0.2, -0.15) is 0 Å². The third-order valence-electron chi connectivity index (χ3n) is 3.16. The Bertz CT molecular complexity index is 701. The van der Waals surface area contributed by atoms with Gasteiger partial charge in [-0.1, -0.05) is 23.7 Å². The quantitative estimate of drug-likeness (QED) is 0.338. The molecule has 0 aliphatic heterocycles. The van der Waals surface area contributed by atoms with Crippen LogP contribution in [0.4, 0.5) is 0 Å². The highest BCUT2D eigenvalue weighted by Crippen LogP contribution is 2.19. The van der Waals surface area contributed by atoms with Crippen molar-refractivity contribution in [1.29, 1.82) is 0 Å². The lowest BCUT2D eigenvalue weighted by atomic mass is 10.2. The van der Waals surface area contributed by atoms with Crippen molar-refractivity contribution in [1.82, 2.24) is 5.48 Å². The van der Waals surface area contributed by atoms with Crippen molar-refractivity contribution in [2.45, 2.75) is 12.7 Å². The molecule has 0 aromatic heterocycles. The van der Waals surface area contributed by atoms with Crippen LogP contribution in [0.15, 0.2) is 48.5 Å². The van der Waals surface area contributed by atoms with Crippen molar-refractivity contribution >= 4 is 23.5 Å². The summed E-state index contributed by atoms with van der Waals surface area (Å²) in [5.74, 6) is -1.02. The minimum atomic E-state index is -1.61. The second-order valence-electron chi connectivity index (χ2n) is 4.88. The molecule has 0 saturated carbocycles. The maximum absolute atomic E-state index is 11.5. The predicted octanol–water partition coefficient (Wildman–Crippen LogP) is 2.34. The van der Waals surface area contributed by atoms with Crippen LogP contribution in [0.1, 0.15) is 5.56 Å². The van der Waals surface area contributed by atoms with Crippen molar-refractivity contribution in [2.24, 2.45) is 0 Å². The van der Waals surface area contributed by atoms with Gasteiger partial charge in [0.1, 0.15) is 18.1 Å². The molecular formula is C17H16ClNO6. The maximum atomic E-state index is 11.5. The number of ether oxygens (including phenoxy) is 3. The number of amides is 1. The second-order valence-corrected chi connectivity index (χ2v) is 5.32. The fourth-order valence-corrected chi connectivity index (χ4v) is 2.00. The molecule has 0 spiro atoms. The number of carbonyl (C=O) groups is 2. The topological polar surface area (TPSA) is 94.1 Å². The zero-order valence-electron chi connectivity index (χ0n) is 13.3. The van der Waals surface area contributed by atoms with E-state index in [1.807, 2.05) is 0 Å². The number of halogens is 1. The van der Waals surface area contributed by atoms with E-state index < -0.39 is 18.0 Å². The van der Waals surface area contributed by atoms with Gasteiger partial charge in [0.05, 0.1) is 7.11 Å². The van der Waals surface area contributed by atoms with Crippen molar-refractivity contribution in [2.75, 3.05) is 7.11 Å². The van der Waals surface area contributed by atoms with E-state index in [9.17, 15) is 9.59 Å². The monoisotopic (exact) mass is 365 g/mol. The molecule has 0 fully saturated rings.